The second-order valence-electron chi connectivity index (χ2n) is 4.29. The number of nitrogens with zero attached hydrogens (tertiary/aromatic N) is 2. The number of hydrogen-bond donors (Lipinski definition) is 1. The predicted octanol–water partition coefficient (Wildman–Crippen LogP) is 3.28. The van der Waals surface area contributed by atoms with Gasteiger partial charge < -0.3 is 10.1 Å². The molecule has 0 spiro atoms. The molecule has 0 aliphatic heterocycles. The van der Waals surface area contributed by atoms with E-state index in [1.54, 1.807) is 11.7 Å². The van der Waals surface area contributed by atoms with Gasteiger partial charge in [0.2, 0.25) is 5.88 Å². The van der Waals surface area contributed by atoms with Gasteiger partial charge in [-0.2, -0.15) is 5.10 Å². The van der Waals surface area contributed by atoms with E-state index in [2.05, 4.69) is 10.4 Å². The summed E-state index contributed by atoms with van der Waals surface area (Å²) in [5, 5.41) is 7.05. The Morgan fingerprint density at radius 3 is 2.70 bits per heavy atom. The van der Waals surface area contributed by atoms with Crippen LogP contribution in [-0.2, 0) is 13.6 Å². The molecule has 1 aromatic carbocycles. The lowest BCUT2D eigenvalue weighted by Crippen LogP contribution is -2.05. The van der Waals surface area contributed by atoms with Gasteiger partial charge in [0.1, 0.15) is 5.82 Å². The summed E-state index contributed by atoms with van der Waals surface area (Å²) >= 11 is 5.83. The topological polar surface area (TPSA) is 39.1 Å². The van der Waals surface area contributed by atoms with Crippen LogP contribution in [0.4, 0.5) is 14.5 Å². The number of ether oxygens (including phenoxy) is 1. The first-order valence-electron chi connectivity index (χ1n) is 5.89. The van der Waals surface area contributed by atoms with Crippen LogP contribution < -0.4 is 10.1 Å². The van der Waals surface area contributed by atoms with E-state index >= 15 is 0 Å². The van der Waals surface area contributed by atoms with Gasteiger partial charge >= 0.3 is 0 Å². The number of benzene rings is 1. The van der Waals surface area contributed by atoms with Gasteiger partial charge in [-0.1, -0.05) is 11.6 Å². The standard InChI is InChI=1S/C13H14ClF2N3O/c1-7-9(13(20-3)19(2)18-7)6-17-12-10(14)4-8(15)5-11(12)16/h4-5,17H,6H2,1-3H3. The number of rotatable bonds is 4. The molecular formula is C13H14ClF2N3O. The summed E-state index contributed by atoms with van der Waals surface area (Å²) < 4.78 is 33.5. The van der Waals surface area contributed by atoms with Crippen molar-refractivity contribution < 1.29 is 13.5 Å². The highest BCUT2D eigenvalue weighted by atomic mass is 35.5. The van der Waals surface area contributed by atoms with E-state index in [1.807, 2.05) is 6.92 Å². The lowest BCUT2D eigenvalue weighted by molar-refractivity contribution is 0.369. The molecule has 0 fully saturated rings. The Labute approximate surface area is 120 Å². The van der Waals surface area contributed by atoms with Crippen molar-refractivity contribution in [1.29, 1.82) is 0 Å². The Morgan fingerprint density at radius 1 is 1.40 bits per heavy atom. The average Bonchev–Trinajstić information content (AvgIpc) is 2.62. The second-order valence-corrected chi connectivity index (χ2v) is 4.70. The number of anilines is 1. The Bertz CT molecular complexity index is 620. The molecule has 4 nitrogen and oxygen atoms in total. The van der Waals surface area contributed by atoms with Crippen LogP contribution in [0.25, 0.3) is 0 Å². The molecule has 0 atom stereocenters. The zero-order chi connectivity index (χ0) is 14.9. The molecule has 108 valence electrons. The second kappa shape index (κ2) is 5.66. The van der Waals surface area contributed by atoms with Crippen molar-refractivity contribution in [3.63, 3.8) is 0 Å². The fraction of sp³-hybridized carbons (Fsp3) is 0.308. The Balaban J connectivity index is 2.26. The summed E-state index contributed by atoms with van der Waals surface area (Å²) in [6, 6.07) is 1.84. The number of methoxy groups -OCH3 is 1. The Kier molecular flexibility index (Phi) is 4.13. The van der Waals surface area contributed by atoms with Crippen molar-refractivity contribution in [3.05, 3.63) is 40.0 Å². The molecule has 0 aliphatic carbocycles. The van der Waals surface area contributed by atoms with Crippen LogP contribution in [0.1, 0.15) is 11.3 Å². The first-order valence-corrected chi connectivity index (χ1v) is 6.26. The van der Waals surface area contributed by atoms with E-state index in [-0.39, 0.29) is 17.3 Å². The quantitative estimate of drug-likeness (QED) is 0.942. The zero-order valence-electron chi connectivity index (χ0n) is 11.3. The van der Waals surface area contributed by atoms with E-state index in [1.165, 1.54) is 7.11 Å². The van der Waals surface area contributed by atoms with Crippen LogP contribution in [0.5, 0.6) is 5.88 Å². The normalized spacial score (nSPS) is 10.7. The van der Waals surface area contributed by atoms with E-state index in [4.69, 9.17) is 16.3 Å². The molecule has 0 aliphatic rings. The molecule has 20 heavy (non-hydrogen) atoms. The molecule has 1 N–H and O–H groups in total. The maximum absolute atomic E-state index is 13.7. The third kappa shape index (κ3) is 2.70. The molecule has 2 aromatic rings. The molecule has 2 rings (SSSR count). The number of aryl methyl sites for hydroxylation is 2. The van der Waals surface area contributed by atoms with Gasteiger partial charge in [0.15, 0.2) is 5.82 Å². The SMILES string of the molecule is COc1c(CNc2c(F)cc(F)cc2Cl)c(C)nn1C. The largest absolute Gasteiger partial charge is 0.481 e. The highest BCUT2D eigenvalue weighted by molar-refractivity contribution is 6.33. The molecule has 0 saturated heterocycles. The monoisotopic (exact) mass is 301 g/mol. The van der Waals surface area contributed by atoms with Crippen molar-refractivity contribution in [2.45, 2.75) is 13.5 Å². The van der Waals surface area contributed by atoms with Crippen LogP contribution in [0, 0.1) is 18.6 Å². The van der Waals surface area contributed by atoms with E-state index in [9.17, 15) is 8.78 Å². The fourth-order valence-electron chi connectivity index (χ4n) is 2.03. The third-order valence-electron chi connectivity index (χ3n) is 2.93. The van der Waals surface area contributed by atoms with Gasteiger partial charge in [-0.3, -0.25) is 0 Å². The van der Waals surface area contributed by atoms with Crippen molar-refractivity contribution in [1.82, 2.24) is 9.78 Å². The lowest BCUT2D eigenvalue weighted by Gasteiger charge is -2.10. The minimum absolute atomic E-state index is 0.0111. The van der Waals surface area contributed by atoms with Gasteiger partial charge in [0.05, 0.1) is 29.1 Å². The smallest absolute Gasteiger partial charge is 0.216 e. The van der Waals surface area contributed by atoms with Gasteiger partial charge in [-0.25, -0.2) is 13.5 Å². The van der Waals surface area contributed by atoms with Gasteiger partial charge in [-0.05, 0) is 13.0 Å². The van der Waals surface area contributed by atoms with Crippen molar-refractivity contribution in [2.24, 2.45) is 7.05 Å². The van der Waals surface area contributed by atoms with Crippen molar-refractivity contribution in [3.8, 4) is 5.88 Å². The van der Waals surface area contributed by atoms with Crippen LogP contribution in [-0.4, -0.2) is 16.9 Å². The Morgan fingerprint density at radius 2 is 2.10 bits per heavy atom. The number of halogens is 3. The van der Waals surface area contributed by atoms with E-state index < -0.39 is 11.6 Å². The fourth-order valence-corrected chi connectivity index (χ4v) is 2.29. The molecular weight excluding hydrogens is 288 g/mol. The summed E-state index contributed by atoms with van der Waals surface area (Å²) in [7, 11) is 3.28. The zero-order valence-corrected chi connectivity index (χ0v) is 12.1. The molecule has 7 heteroatoms. The minimum Gasteiger partial charge on any atom is -0.481 e. The molecule has 1 heterocycles. The lowest BCUT2D eigenvalue weighted by atomic mass is 10.2. The Hall–Kier alpha value is -1.82. The van der Waals surface area contributed by atoms with Crippen LogP contribution in [0.3, 0.4) is 0 Å². The summed E-state index contributed by atoms with van der Waals surface area (Å²) in [5.74, 6) is -0.877. The minimum atomic E-state index is -0.740. The molecule has 0 radical (unpaired) electrons. The number of aromatic nitrogens is 2. The molecule has 0 saturated carbocycles. The van der Waals surface area contributed by atoms with Gasteiger partial charge in [-0.15, -0.1) is 0 Å². The maximum Gasteiger partial charge on any atom is 0.216 e. The average molecular weight is 302 g/mol. The highest BCUT2D eigenvalue weighted by Crippen LogP contribution is 2.28. The molecule has 1 aromatic heterocycles. The molecule has 0 bridgehead atoms. The van der Waals surface area contributed by atoms with Gasteiger partial charge in [0, 0.05) is 19.7 Å². The van der Waals surface area contributed by atoms with Crippen LogP contribution in [0.15, 0.2) is 12.1 Å². The third-order valence-corrected chi connectivity index (χ3v) is 3.23. The van der Waals surface area contributed by atoms with E-state index in [0.717, 1.165) is 23.4 Å². The van der Waals surface area contributed by atoms with Crippen molar-refractivity contribution >= 4 is 17.3 Å². The summed E-state index contributed by atoms with van der Waals surface area (Å²) in [6.45, 7) is 2.09. The molecule has 0 amide bonds. The van der Waals surface area contributed by atoms with Crippen LogP contribution >= 0.6 is 11.6 Å². The first-order chi connectivity index (χ1) is 9.43. The molecule has 0 unspecified atom stereocenters. The van der Waals surface area contributed by atoms with Crippen molar-refractivity contribution in [2.75, 3.05) is 12.4 Å². The first kappa shape index (κ1) is 14.6. The summed E-state index contributed by atoms with van der Waals surface area (Å²) in [5.41, 5.74) is 1.60. The maximum atomic E-state index is 13.7. The predicted molar refractivity (Wildman–Crippen MR) is 73.2 cm³/mol. The van der Waals surface area contributed by atoms with Crippen LogP contribution in [0.2, 0.25) is 5.02 Å². The summed E-state index contributed by atoms with van der Waals surface area (Å²) in [6.07, 6.45) is 0. The van der Waals surface area contributed by atoms with Gasteiger partial charge in [0.25, 0.3) is 0 Å². The number of nitrogens with one attached hydrogen (secondary N) is 1. The summed E-state index contributed by atoms with van der Waals surface area (Å²) in [4.78, 5) is 0. The van der Waals surface area contributed by atoms with E-state index in [0.29, 0.717) is 5.88 Å². The number of hydrogen-bond acceptors (Lipinski definition) is 3. The highest BCUT2D eigenvalue weighted by Gasteiger charge is 2.15.